The second-order valence-electron chi connectivity index (χ2n) is 6.62. The highest BCUT2D eigenvalue weighted by Gasteiger charge is 2.05. The topological polar surface area (TPSA) is 70.4 Å². The molecule has 0 amide bonds. The van der Waals surface area contributed by atoms with Gasteiger partial charge < -0.3 is 15.5 Å². The zero-order valence-electron chi connectivity index (χ0n) is 17.3. The van der Waals surface area contributed by atoms with Crippen LogP contribution >= 0.6 is 35.3 Å². The summed E-state index contributed by atoms with van der Waals surface area (Å²) >= 11 is 1.61. The number of rotatable bonds is 8. The van der Waals surface area contributed by atoms with E-state index in [0.29, 0.717) is 13.1 Å². The van der Waals surface area contributed by atoms with Crippen molar-refractivity contribution in [1.29, 1.82) is 0 Å². The number of hydrogen-bond donors (Lipinski definition) is 2. The second-order valence-corrected chi connectivity index (χ2v) is 7.45. The van der Waals surface area contributed by atoms with Gasteiger partial charge in [0.2, 0.25) is 0 Å². The molecule has 0 spiro atoms. The van der Waals surface area contributed by atoms with Crippen LogP contribution in [0.15, 0.2) is 46.9 Å². The van der Waals surface area contributed by atoms with Gasteiger partial charge in [0.25, 0.3) is 0 Å². The summed E-state index contributed by atoms with van der Waals surface area (Å²) in [6.45, 7) is 4.05. The molecule has 2 N–H and O–H groups in total. The first-order valence-electron chi connectivity index (χ1n) is 9.49. The van der Waals surface area contributed by atoms with Crippen LogP contribution in [0.25, 0.3) is 5.69 Å². The van der Waals surface area contributed by atoms with Crippen molar-refractivity contribution in [2.24, 2.45) is 4.99 Å². The molecule has 0 saturated carbocycles. The summed E-state index contributed by atoms with van der Waals surface area (Å²) in [5.74, 6) is 0.501. The molecule has 0 aliphatic rings. The number of thiazole rings is 1. The first-order valence-corrected chi connectivity index (χ1v) is 10.4. The SMILES string of the molecule is CCNC(=NCc1csc(N(C)C)n1)NCCc1ccn(-c2ccc(F)cc2)n1.I. The van der Waals surface area contributed by atoms with Crippen LogP contribution in [-0.2, 0) is 13.0 Å². The average molecular weight is 543 g/mol. The van der Waals surface area contributed by atoms with E-state index in [1.54, 1.807) is 28.2 Å². The molecule has 0 bridgehead atoms. The largest absolute Gasteiger partial charge is 0.357 e. The number of halogens is 2. The van der Waals surface area contributed by atoms with Crippen LogP contribution in [0.4, 0.5) is 9.52 Å². The molecular formula is C20H27FIN7S. The Kier molecular flexibility index (Phi) is 9.50. The third-order valence-electron chi connectivity index (χ3n) is 4.07. The van der Waals surface area contributed by atoms with Crippen molar-refractivity contribution in [2.45, 2.75) is 19.9 Å². The fraction of sp³-hybridized carbons (Fsp3) is 0.350. The van der Waals surface area contributed by atoms with E-state index in [4.69, 9.17) is 0 Å². The molecule has 0 aliphatic heterocycles. The van der Waals surface area contributed by atoms with E-state index in [-0.39, 0.29) is 29.8 Å². The summed E-state index contributed by atoms with van der Waals surface area (Å²) < 4.78 is 14.8. The van der Waals surface area contributed by atoms with Crippen LogP contribution < -0.4 is 15.5 Å². The molecule has 2 aromatic heterocycles. The third kappa shape index (κ3) is 6.94. The molecule has 1 aromatic carbocycles. The molecule has 0 unspecified atom stereocenters. The van der Waals surface area contributed by atoms with Gasteiger partial charge in [-0.25, -0.2) is 19.0 Å². The van der Waals surface area contributed by atoms with Gasteiger partial charge in [0, 0.05) is 45.2 Å². The number of aliphatic imine (C=N–C) groups is 1. The average Bonchev–Trinajstić information content (AvgIpc) is 3.36. The zero-order valence-corrected chi connectivity index (χ0v) is 20.4. The molecule has 0 fully saturated rings. The van der Waals surface area contributed by atoms with E-state index in [9.17, 15) is 4.39 Å². The molecule has 3 aromatic rings. The Balaban J connectivity index is 0.00000320. The van der Waals surface area contributed by atoms with Gasteiger partial charge in [-0.05, 0) is 37.3 Å². The molecule has 0 saturated heterocycles. The first kappa shape index (κ1) is 24.1. The zero-order chi connectivity index (χ0) is 20.6. The van der Waals surface area contributed by atoms with E-state index >= 15 is 0 Å². The van der Waals surface area contributed by atoms with Crippen LogP contribution in [0.1, 0.15) is 18.3 Å². The lowest BCUT2D eigenvalue weighted by molar-refractivity contribution is 0.627. The molecule has 7 nitrogen and oxygen atoms in total. The fourth-order valence-electron chi connectivity index (χ4n) is 2.62. The van der Waals surface area contributed by atoms with Gasteiger partial charge in [-0.1, -0.05) is 0 Å². The number of guanidine groups is 1. The smallest absolute Gasteiger partial charge is 0.191 e. The van der Waals surface area contributed by atoms with Crippen LogP contribution in [0.5, 0.6) is 0 Å². The molecule has 162 valence electrons. The maximum atomic E-state index is 13.1. The maximum absolute atomic E-state index is 13.1. The lowest BCUT2D eigenvalue weighted by Gasteiger charge is -2.10. The van der Waals surface area contributed by atoms with Crippen LogP contribution in [0.3, 0.4) is 0 Å². The lowest BCUT2D eigenvalue weighted by atomic mass is 10.3. The molecule has 0 aliphatic carbocycles. The van der Waals surface area contributed by atoms with Gasteiger partial charge in [-0.3, -0.25) is 0 Å². The lowest BCUT2D eigenvalue weighted by Crippen LogP contribution is -2.38. The Morgan fingerprint density at radius 3 is 2.60 bits per heavy atom. The minimum atomic E-state index is -0.254. The molecule has 3 rings (SSSR count). The summed E-state index contributed by atoms with van der Waals surface area (Å²) in [6.07, 6.45) is 2.63. The van der Waals surface area contributed by atoms with Crippen LogP contribution in [0.2, 0.25) is 0 Å². The van der Waals surface area contributed by atoms with Crippen LogP contribution in [0, 0.1) is 5.82 Å². The summed E-state index contributed by atoms with van der Waals surface area (Å²) in [5, 5.41) is 14.1. The van der Waals surface area contributed by atoms with Crippen molar-refractivity contribution in [1.82, 2.24) is 25.4 Å². The summed E-state index contributed by atoms with van der Waals surface area (Å²) in [7, 11) is 3.96. The Morgan fingerprint density at radius 2 is 1.93 bits per heavy atom. The molecule has 0 atom stereocenters. The summed E-state index contributed by atoms with van der Waals surface area (Å²) in [4.78, 5) is 11.2. The van der Waals surface area contributed by atoms with E-state index in [2.05, 4.69) is 25.7 Å². The van der Waals surface area contributed by atoms with Crippen molar-refractivity contribution in [3.63, 3.8) is 0 Å². The first-order chi connectivity index (χ1) is 14.0. The molecule has 2 heterocycles. The Labute approximate surface area is 197 Å². The van der Waals surface area contributed by atoms with Crippen molar-refractivity contribution >= 4 is 46.4 Å². The summed E-state index contributed by atoms with van der Waals surface area (Å²) in [6, 6.07) is 8.25. The Hall–Kier alpha value is -2.21. The Morgan fingerprint density at radius 1 is 1.17 bits per heavy atom. The van der Waals surface area contributed by atoms with Crippen molar-refractivity contribution < 1.29 is 4.39 Å². The number of hydrogen-bond acceptors (Lipinski definition) is 5. The van der Waals surface area contributed by atoms with E-state index in [1.165, 1.54) is 12.1 Å². The van der Waals surface area contributed by atoms with Gasteiger partial charge in [0.1, 0.15) is 5.82 Å². The Bertz CT molecular complexity index is 937. The van der Waals surface area contributed by atoms with Gasteiger partial charge in [0.15, 0.2) is 11.1 Å². The molecular weight excluding hydrogens is 516 g/mol. The molecule has 10 heteroatoms. The minimum absolute atomic E-state index is 0. The van der Waals surface area contributed by atoms with Crippen LogP contribution in [-0.4, -0.2) is 47.9 Å². The van der Waals surface area contributed by atoms with Gasteiger partial charge in [0.05, 0.1) is 23.6 Å². The van der Waals surface area contributed by atoms with Gasteiger partial charge >= 0.3 is 0 Å². The molecule has 0 radical (unpaired) electrons. The van der Waals surface area contributed by atoms with Crippen molar-refractivity contribution in [2.75, 3.05) is 32.1 Å². The number of nitrogens with zero attached hydrogens (tertiary/aromatic N) is 5. The van der Waals surface area contributed by atoms with E-state index in [0.717, 1.165) is 41.1 Å². The monoisotopic (exact) mass is 543 g/mol. The predicted octanol–water partition coefficient (Wildman–Crippen LogP) is 3.45. The van der Waals surface area contributed by atoms with E-state index in [1.807, 2.05) is 43.6 Å². The predicted molar refractivity (Wildman–Crippen MR) is 132 cm³/mol. The van der Waals surface area contributed by atoms with Crippen molar-refractivity contribution in [3.8, 4) is 5.69 Å². The third-order valence-corrected chi connectivity index (χ3v) is 5.13. The maximum Gasteiger partial charge on any atom is 0.191 e. The highest BCUT2D eigenvalue weighted by molar-refractivity contribution is 14.0. The number of benzene rings is 1. The normalized spacial score (nSPS) is 11.1. The minimum Gasteiger partial charge on any atom is -0.357 e. The number of anilines is 1. The fourth-order valence-corrected chi connectivity index (χ4v) is 3.37. The quantitative estimate of drug-likeness (QED) is 0.259. The van der Waals surface area contributed by atoms with E-state index < -0.39 is 0 Å². The highest BCUT2D eigenvalue weighted by Crippen LogP contribution is 2.18. The summed E-state index contributed by atoms with van der Waals surface area (Å²) in [5.41, 5.74) is 2.74. The number of aromatic nitrogens is 3. The highest BCUT2D eigenvalue weighted by atomic mass is 127. The van der Waals surface area contributed by atoms with Crippen molar-refractivity contribution in [3.05, 3.63) is 59.1 Å². The molecule has 30 heavy (non-hydrogen) atoms. The second kappa shape index (κ2) is 11.8. The standard InChI is InChI=1S/C20H26FN7S.HI/c1-4-22-19(24-13-17-14-29-20(25-17)27(2)3)23-11-9-16-10-12-28(26-16)18-7-5-15(21)6-8-18;/h5-8,10,12,14H,4,9,11,13H2,1-3H3,(H2,22,23,24);1H. The van der Waals surface area contributed by atoms with Gasteiger partial charge in [-0.2, -0.15) is 5.10 Å². The van der Waals surface area contributed by atoms with Gasteiger partial charge in [-0.15, -0.1) is 35.3 Å². The number of nitrogens with one attached hydrogen (secondary N) is 2.